The first-order valence-electron chi connectivity index (χ1n) is 6.25. The van der Waals surface area contributed by atoms with Crippen LogP contribution < -0.4 is 5.43 Å². The Labute approximate surface area is 119 Å². The van der Waals surface area contributed by atoms with Gasteiger partial charge in [0.25, 0.3) is 0 Å². The van der Waals surface area contributed by atoms with Crippen molar-refractivity contribution in [3.05, 3.63) is 53.0 Å². The predicted molar refractivity (Wildman–Crippen MR) is 70.9 cm³/mol. The average Bonchev–Trinajstić information content (AvgIpc) is 2.44. The number of halogens is 3. The summed E-state index contributed by atoms with van der Waals surface area (Å²) in [5.74, 6) is -4.21. The maximum atomic E-state index is 14.1. The van der Waals surface area contributed by atoms with E-state index in [0.717, 1.165) is 0 Å². The normalized spacial score (nSPS) is 14.1. The summed E-state index contributed by atoms with van der Waals surface area (Å²) in [6.45, 7) is 1.77. The number of nitrogens with zero attached hydrogens (tertiary/aromatic N) is 1. The number of benzene rings is 1. The Bertz CT molecular complexity index is 642. The highest BCUT2D eigenvalue weighted by Crippen LogP contribution is 2.26. The Morgan fingerprint density at radius 1 is 1.38 bits per heavy atom. The number of carboxylic acid groups (broad SMARTS) is 1. The molecule has 0 aliphatic carbocycles. The molecule has 0 atom stereocenters. The fourth-order valence-electron chi connectivity index (χ4n) is 1.96. The van der Waals surface area contributed by atoms with Crippen LogP contribution in [0.25, 0.3) is 0 Å². The Morgan fingerprint density at radius 2 is 2.10 bits per heavy atom. The van der Waals surface area contributed by atoms with Crippen LogP contribution >= 0.6 is 0 Å². The molecular formula is C14H13F3N2O2. The third kappa shape index (κ3) is 3.01. The standard InChI is InChI=1S/C14H13F3N2O2/c1-2-9-10(15)6-11(16)13(12(9)17)18-19-5-3-4-8(7-19)14(20)21/h3-4,6-7,18H,2,5H2,1H3,(H,20,21). The number of hydrogen-bond acceptors (Lipinski definition) is 3. The molecule has 0 unspecified atom stereocenters. The van der Waals surface area contributed by atoms with Gasteiger partial charge in [0.2, 0.25) is 0 Å². The number of anilines is 1. The minimum atomic E-state index is -1.16. The molecule has 112 valence electrons. The monoisotopic (exact) mass is 298 g/mol. The van der Waals surface area contributed by atoms with E-state index in [1.54, 1.807) is 6.92 Å². The molecule has 7 heteroatoms. The number of nitrogens with one attached hydrogen (secondary N) is 1. The smallest absolute Gasteiger partial charge is 0.337 e. The lowest BCUT2D eigenvalue weighted by Gasteiger charge is -2.25. The van der Waals surface area contributed by atoms with Gasteiger partial charge < -0.3 is 5.11 Å². The van der Waals surface area contributed by atoms with Gasteiger partial charge in [-0.2, -0.15) is 0 Å². The summed E-state index contributed by atoms with van der Waals surface area (Å²) in [5.41, 5.74) is 1.66. The van der Waals surface area contributed by atoms with Crippen LogP contribution in [0.4, 0.5) is 18.9 Å². The van der Waals surface area contributed by atoms with Crippen LogP contribution in [0.15, 0.2) is 30.0 Å². The average molecular weight is 298 g/mol. The molecule has 2 rings (SSSR count). The Balaban J connectivity index is 2.32. The highest BCUT2D eigenvalue weighted by atomic mass is 19.1. The fourth-order valence-corrected chi connectivity index (χ4v) is 1.96. The zero-order chi connectivity index (χ0) is 15.6. The molecule has 1 aromatic carbocycles. The number of carboxylic acids is 1. The van der Waals surface area contributed by atoms with E-state index in [1.807, 2.05) is 0 Å². The highest BCUT2D eigenvalue weighted by molar-refractivity contribution is 5.89. The van der Waals surface area contributed by atoms with Crippen molar-refractivity contribution in [3.63, 3.8) is 0 Å². The van der Waals surface area contributed by atoms with Crippen molar-refractivity contribution >= 4 is 11.7 Å². The van der Waals surface area contributed by atoms with Crippen molar-refractivity contribution in [1.29, 1.82) is 0 Å². The molecule has 0 bridgehead atoms. The van der Waals surface area contributed by atoms with E-state index >= 15 is 0 Å². The summed E-state index contributed by atoms with van der Waals surface area (Å²) >= 11 is 0. The van der Waals surface area contributed by atoms with Gasteiger partial charge >= 0.3 is 5.97 Å². The molecule has 0 saturated carbocycles. The minimum absolute atomic E-state index is 0.0348. The molecule has 1 aliphatic heterocycles. The lowest BCUT2D eigenvalue weighted by molar-refractivity contribution is -0.132. The molecule has 0 spiro atoms. The molecular weight excluding hydrogens is 285 g/mol. The van der Waals surface area contributed by atoms with Gasteiger partial charge in [-0.25, -0.2) is 18.0 Å². The third-order valence-electron chi connectivity index (χ3n) is 3.02. The van der Waals surface area contributed by atoms with Gasteiger partial charge in [0, 0.05) is 17.8 Å². The lowest BCUT2D eigenvalue weighted by atomic mass is 10.1. The van der Waals surface area contributed by atoms with Gasteiger partial charge in [0.1, 0.15) is 11.5 Å². The summed E-state index contributed by atoms with van der Waals surface area (Å²) in [4.78, 5) is 10.9. The topological polar surface area (TPSA) is 52.6 Å². The molecule has 0 saturated heterocycles. The summed E-state index contributed by atoms with van der Waals surface area (Å²) in [6, 6.07) is 0.603. The largest absolute Gasteiger partial charge is 0.478 e. The van der Waals surface area contributed by atoms with E-state index < -0.39 is 29.1 Å². The zero-order valence-corrected chi connectivity index (χ0v) is 11.2. The first kappa shape index (κ1) is 15.0. The quantitative estimate of drug-likeness (QED) is 0.897. The number of aliphatic carboxylic acids is 1. The van der Waals surface area contributed by atoms with Crippen LogP contribution in [-0.2, 0) is 11.2 Å². The molecule has 21 heavy (non-hydrogen) atoms. The van der Waals surface area contributed by atoms with Gasteiger partial charge in [-0.15, -0.1) is 0 Å². The molecule has 0 fully saturated rings. The molecule has 0 amide bonds. The van der Waals surface area contributed by atoms with E-state index in [2.05, 4.69) is 5.43 Å². The van der Waals surface area contributed by atoms with E-state index in [0.29, 0.717) is 6.07 Å². The Hall–Kier alpha value is -2.44. The molecule has 0 aromatic heterocycles. The van der Waals surface area contributed by atoms with Crippen molar-refractivity contribution in [3.8, 4) is 0 Å². The van der Waals surface area contributed by atoms with Crippen LogP contribution in [0.3, 0.4) is 0 Å². The van der Waals surface area contributed by atoms with Crippen LogP contribution in [0, 0.1) is 17.5 Å². The van der Waals surface area contributed by atoms with E-state index in [1.165, 1.54) is 23.4 Å². The summed E-state index contributed by atoms with van der Waals surface area (Å²) in [5, 5.41) is 10.1. The maximum Gasteiger partial charge on any atom is 0.337 e. The van der Waals surface area contributed by atoms with Crippen molar-refractivity contribution in [2.45, 2.75) is 13.3 Å². The van der Waals surface area contributed by atoms with Gasteiger partial charge in [-0.05, 0) is 12.5 Å². The number of hydrazine groups is 1. The van der Waals surface area contributed by atoms with Gasteiger partial charge in [-0.3, -0.25) is 10.4 Å². The Morgan fingerprint density at radius 3 is 2.71 bits per heavy atom. The molecule has 4 nitrogen and oxygen atoms in total. The van der Waals surface area contributed by atoms with Crippen molar-refractivity contribution < 1.29 is 23.1 Å². The van der Waals surface area contributed by atoms with Crippen LogP contribution in [0.1, 0.15) is 12.5 Å². The van der Waals surface area contributed by atoms with Gasteiger partial charge in [0.15, 0.2) is 11.6 Å². The number of hydrogen-bond donors (Lipinski definition) is 2. The van der Waals surface area contributed by atoms with Crippen molar-refractivity contribution in [1.82, 2.24) is 5.01 Å². The van der Waals surface area contributed by atoms with E-state index in [-0.39, 0.29) is 24.1 Å². The van der Waals surface area contributed by atoms with Crippen LogP contribution in [0.5, 0.6) is 0 Å². The molecule has 2 N–H and O–H groups in total. The van der Waals surface area contributed by atoms with E-state index in [4.69, 9.17) is 5.11 Å². The van der Waals surface area contributed by atoms with Gasteiger partial charge in [0.05, 0.1) is 12.1 Å². The molecule has 1 aliphatic rings. The summed E-state index contributed by atoms with van der Waals surface area (Å²) in [7, 11) is 0. The summed E-state index contributed by atoms with van der Waals surface area (Å²) in [6.07, 6.45) is 4.19. The number of rotatable bonds is 4. The molecule has 1 aromatic rings. The van der Waals surface area contributed by atoms with Crippen molar-refractivity contribution in [2.24, 2.45) is 0 Å². The van der Waals surface area contributed by atoms with Crippen molar-refractivity contribution in [2.75, 3.05) is 12.0 Å². The highest BCUT2D eigenvalue weighted by Gasteiger charge is 2.20. The fraction of sp³-hybridized carbons (Fsp3) is 0.214. The number of carbonyl (C=O) groups is 1. The predicted octanol–water partition coefficient (Wildman–Crippen LogP) is 2.83. The second-order valence-electron chi connectivity index (χ2n) is 4.42. The maximum absolute atomic E-state index is 14.1. The molecule has 0 radical (unpaired) electrons. The Kier molecular flexibility index (Phi) is 4.21. The van der Waals surface area contributed by atoms with Crippen LogP contribution in [0.2, 0.25) is 0 Å². The van der Waals surface area contributed by atoms with E-state index in [9.17, 15) is 18.0 Å². The lowest BCUT2D eigenvalue weighted by Crippen LogP contribution is -2.29. The zero-order valence-electron chi connectivity index (χ0n) is 11.2. The first-order valence-corrected chi connectivity index (χ1v) is 6.25. The summed E-state index contributed by atoms with van der Waals surface area (Å²) < 4.78 is 41.2. The second-order valence-corrected chi connectivity index (χ2v) is 4.42. The van der Waals surface area contributed by atoms with Gasteiger partial charge in [-0.1, -0.05) is 13.0 Å². The van der Waals surface area contributed by atoms with Crippen LogP contribution in [-0.4, -0.2) is 22.6 Å². The SMILES string of the molecule is CCc1c(F)cc(F)c(NN2C=C(C(=O)O)C=CC2)c1F. The first-order chi connectivity index (χ1) is 9.93. The minimum Gasteiger partial charge on any atom is -0.478 e. The molecule has 1 heterocycles. The second kappa shape index (κ2) is 5.90. The third-order valence-corrected chi connectivity index (χ3v) is 3.02.